The van der Waals surface area contributed by atoms with Gasteiger partial charge in [-0.3, -0.25) is 4.79 Å². The Kier molecular flexibility index (Phi) is 6.96. The summed E-state index contributed by atoms with van der Waals surface area (Å²) in [5.74, 6) is -1.45. The molecule has 0 N–H and O–H groups in total. The lowest BCUT2D eigenvalue weighted by Crippen LogP contribution is -2.22. The maximum Gasteiger partial charge on any atom is 0.305 e. The van der Waals surface area contributed by atoms with Crippen LogP contribution in [0.25, 0.3) is 0 Å². The molecular weight excluding hydrogens is 172 g/mol. The van der Waals surface area contributed by atoms with Gasteiger partial charge in [0.15, 0.2) is 0 Å². The van der Waals surface area contributed by atoms with Gasteiger partial charge < -0.3 is 14.6 Å². The number of hydrogen-bond acceptors (Lipinski definition) is 4. The molecule has 0 rings (SSSR count). The second-order valence-electron chi connectivity index (χ2n) is 2.80. The summed E-state index contributed by atoms with van der Waals surface area (Å²) in [4.78, 5) is 20.8. The number of ether oxygens (including phenoxy) is 1. The topological polar surface area (TPSA) is 66.4 Å². The van der Waals surface area contributed by atoms with Gasteiger partial charge in [-0.2, -0.15) is 0 Å². The molecule has 0 aliphatic heterocycles. The fraction of sp³-hybridized carbons (Fsp3) is 0.778. The Morgan fingerprint density at radius 1 is 1.23 bits per heavy atom. The van der Waals surface area contributed by atoms with Crippen LogP contribution >= 0.6 is 0 Å². The maximum atomic E-state index is 10.9. The summed E-state index contributed by atoms with van der Waals surface area (Å²) in [5, 5.41) is 9.98. The van der Waals surface area contributed by atoms with Crippen molar-refractivity contribution in [2.45, 2.75) is 39.0 Å². The van der Waals surface area contributed by atoms with Crippen LogP contribution in [0.3, 0.4) is 0 Å². The highest BCUT2D eigenvalue weighted by atomic mass is 16.5. The summed E-state index contributed by atoms with van der Waals surface area (Å²) < 4.78 is 4.81. The molecule has 0 amide bonds. The van der Waals surface area contributed by atoms with E-state index >= 15 is 0 Å². The summed E-state index contributed by atoms with van der Waals surface area (Å²) >= 11 is 0. The van der Waals surface area contributed by atoms with Gasteiger partial charge in [-0.05, 0) is 19.3 Å². The molecule has 4 heteroatoms. The first-order valence-electron chi connectivity index (χ1n) is 4.52. The highest BCUT2D eigenvalue weighted by Gasteiger charge is 2.01. The molecule has 0 aromatic heterocycles. The lowest BCUT2D eigenvalue weighted by Gasteiger charge is -2.03. The lowest BCUT2D eigenvalue weighted by atomic mass is 10.2. The molecule has 0 aliphatic rings. The number of carbonyl (C=O) groups excluding carboxylic acids is 2. The Hall–Kier alpha value is -1.06. The number of hydrogen-bond donors (Lipinski definition) is 0. The zero-order chi connectivity index (χ0) is 10.1. The molecule has 4 nitrogen and oxygen atoms in total. The van der Waals surface area contributed by atoms with Crippen molar-refractivity contribution < 1.29 is 19.4 Å². The third-order valence-electron chi connectivity index (χ3n) is 1.52. The smallest absolute Gasteiger partial charge is 0.305 e. The molecule has 0 unspecified atom stereocenters. The van der Waals surface area contributed by atoms with Crippen molar-refractivity contribution >= 4 is 11.9 Å². The Morgan fingerprint density at radius 2 is 1.92 bits per heavy atom. The SMILES string of the molecule is CCCCOC(=O)CCCC(=O)[O-]. The largest absolute Gasteiger partial charge is 0.550 e. The lowest BCUT2D eigenvalue weighted by molar-refractivity contribution is -0.305. The Labute approximate surface area is 77.9 Å². The highest BCUT2D eigenvalue weighted by molar-refractivity contribution is 5.70. The number of carbonyl (C=O) groups is 2. The molecule has 0 heterocycles. The Balaban J connectivity index is 3.25. The van der Waals surface area contributed by atoms with Crippen LogP contribution in [-0.4, -0.2) is 18.5 Å². The van der Waals surface area contributed by atoms with Crippen molar-refractivity contribution in [2.24, 2.45) is 0 Å². The second kappa shape index (κ2) is 7.58. The first-order chi connectivity index (χ1) is 6.16. The van der Waals surface area contributed by atoms with Crippen molar-refractivity contribution in [1.82, 2.24) is 0 Å². The average molecular weight is 187 g/mol. The quantitative estimate of drug-likeness (QED) is 0.423. The van der Waals surface area contributed by atoms with Gasteiger partial charge in [0, 0.05) is 12.4 Å². The Morgan fingerprint density at radius 3 is 2.46 bits per heavy atom. The van der Waals surface area contributed by atoms with Gasteiger partial charge in [-0.15, -0.1) is 0 Å². The summed E-state index contributed by atoms with van der Waals surface area (Å²) in [5.41, 5.74) is 0. The summed E-state index contributed by atoms with van der Waals surface area (Å²) in [6.45, 7) is 2.44. The first-order valence-corrected chi connectivity index (χ1v) is 4.52. The van der Waals surface area contributed by atoms with Crippen LogP contribution in [0.5, 0.6) is 0 Å². The molecule has 0 bridgehead atoms. The van der Waals surface area contributed by atoms with Crippen LogP contribution in [0.2, 0.25) is 0 Å². The van der Waals surface area contributed by atoms with E-state index in [1.807, 2.05) is 6.92 Å². The number of carboxylic acids is 1. The molecule has 0 aliphatic carbocycles. The van der Waals surface area contributed by atoms with Crippen molar-refractivity contribution in [2.75, 3.05) is 6.61 Å². The summed E-state index contributed by atoms with van der Waals surface area (Å²) in [6, 6.07) is 0. The van der Waals surface area contributed by atoms with Crippen molar-refractivity contribution in [3.05, 3.63) is 0 Å². The molecule has 0 aromatic rings. The van der Waals surface area contributed by atoms with Crippen LogP contribution in [0.15, 0.2) is 0 Å². The van der Waals surface area contributed by atoms with E-state index in [2.05, 4.69) is 0 Å². The standard InChI is InChI=1S/C9H16O4/c1-2-3-7-13-9(12)6-4-5-8(10)11/h2-7H2,1H3,(H,10,11)/p-1. The van der Waals surface area contributed by atoms with E-state index in [-0.39, 0.29) is 18.8 Å². The zero-order valence-electron chi connectivity index (χ0n) is 7.88. The van der Waals surface area contributed by atoms with Crippen LogP contribution in [-0.2, 0) is 14.3 Å². The molecule has 0 spiro atoms. The fourth-order valence-corrected chi connectivity index (χ4v) is 0.780. The predicted octanol–water partition coefficient (Wildman–Crippen LogP) is 0.250. The second-order valence-corrected chi connectivity index (χ2v) is 2.80. The van der Waals surface area contributed by atoms with Gasteiger partial charge in [0.1, 0.15) is 0 Å². The third-order valence-corrected chi connectivity index (χ3v) is 1.52. The predicted molar refractivity (Wildman–Crippen MR) is 44.7 cm³/mol. The van der Waals surface area contributed by atoms with Crippen LogP contribution in [0.4, 0.5) is 0 Å². The summed E-state index contributed by atoms with van der Waals surface area (Å²) in [7, 11) is 0. The van der Waals surface area contributed by atoms with Crippen LogP contribution < -0.4 is 5.11 Å². The summed E-state index contributed by atoms with van der Waals surface area (Å²) in [6.07, 6.45) is 2.21. The van der Waals surface area contributed by atoms with E-state index in [1.165, 1.54) is 0 Å². The van der Waals surface area contributed by atoms with Crippen molar-refractivity contribution in [3.8, 4) is 0 Å². The van der Waals surface area contributed by atoms with Gasteiger partial charge in [0.05, 0.1) is 6.61 Å². The van der Waals surface area contributed by atoms with E-state index < -0.39 is 5.97 Å². The maximum absolute atomic E-state index is 10.9. The molecule has 0 atom stereocenters. The number of unbranched alkanes of at least 4 members (excludes halogenated alkanes) is 1. The normalized spacial score (nSPS) is 9.62. The van der Waals surface area contributed by atoms with Crippen molar-refractivity contribution in [3.63, 3.8) is 0 Å². The fourth-order valence-electron chi connectivity index (χ4n) is 0.780. The molecule has 0 saturated carbocycles. The van der Waals surface area contributed by atoms with Gasteiger partial charge in [-0.1, -0.05) is 13.3 Å². The van der Waals surface area contributed by atoms with Gasteiger partial charge in [0.25, 0.3) is 0 Å². The molecule has 0 fully saturated rings. The molecule has 13 heavy (non-hydrogen) atoms. The molecule has 0 saturated heterocycles. The van der Waals surface area contributed by atoms with Crippen LogP contribution in [0.1, 0.15) is 39.0 Å². The van der Waals surface area contributed by atoms with E-state index in [9.17, 15) is 14.7 Å². The number of rotatable bonds is 7. The monoisotopic (exact) mass is 187 g/mol. The molecule has 0 radical (unpaired) electrons. The van der Waals surface area contributed by atoms with E-state index in [0.717, 1.165) is 12.8 Å². The van der Waals surface area contributed by atoms with Gasteiger partial charge >= 0.3 is 5.97 Å². The number of carboxylic acid groups (broad SMARTS) is 1. The number of esters is 1. The molecular formula is C9H15O4-. The average Bonchev–Trinajstić information content (AvgIpc) is 2.04. The zero-order valence-corrected chi connectivity index (χ0v) is 7.88. The van der Waals surface area contributed by atoms with E-state index in [1.54, 1.807) is 0 Å². The molecule has 76 valence electrons. The third kappa shape index (κ3) is 8.85. The van der Waals surface area contributed by atoms with Crippen LogP contribution in [0, 0.1) is 0 Å². The number of aliphatic carboxylic acids is 1. The minimum absolute atomic E-state index is 0.0805. The minimum atomic E-state index is -1.12. The van der Waals surface area contributed by atoms with Gasteiger partial charge in [0.2, 0.25) is 0 Å². The highest BCUT2D eigenvalue weighted by Crippen LogP contribution is 1.98. The Bertz CT molecular complexity index is 165. The van der Waals surface area contributed by atoms with Crippen molar-refractivity contribution in [1.29, 1.82) is 0 Å². The van der Waals surface area contributed by atoms with E-state index in [4.69, 9.17) is 4.74 Å². The first kappa shape index (κ1) is 11.9. The van der Waals surface area contributed by atoms with Gasteiger partial charge in [-0.25, -0.2) is 0 Å². The van der Waals surface area contributed by atoms with E-state index in [0.29, 0.717) is 13.0 Å². The minimum Gasteiger partial charge on any atom is -0.550 e. The molecule has 0 aromatic carbocycles.